The molecule has 0 aromatic heterocycles. The maximum atomic E-state index is 12.6. The van der Waals surface area contributed by atoms with Crippen LogP contribution in [0.4, 0.5) is 0 Å². The first-order valence-electron chi connectivity index (χ1n) is 8.97. The van der Waals surface area contributed by atoms with Crippen LogP contribution in [-0.2, 0) is 11.2 Å². The van der Waals surface area contributed by atoms with E-state index >= 15 is 0 Å². The van der Waals surface area contributed by atoms with Gasteiger partial charge in [-0.3, -0.25) is 4.79 Å². The first kappa shape index (κ1) is 20.3. The molecule has 1 saturated heterocycles. The highest BCUT2D eigenvalue weighted by molar-refractivity contribution is 5.85. The van der Waals surface area contributed by atoms with E-state index in [0.29, 0.717) is 26.1 Å². The highest BCUT2D eigenvalue weighted by Gasteiger charge is 2.33. The molecule has 26 heavy (non-hydrogen) atoms. The molecule has 3 rings (SSSR count). The molecule has 0 bridgehead atoms. The van der Waals surface area contributed by atoms with Crippen molar-refractivity contribution in [2.45, 2.75) is 31.7 Å². The number of ether oxygens (including phenoxy) is 1. The van der Waals surface area contributed by atoms with Gasteiger partial charge in [0, 0.05) is 31.5 Å². The molecule has 1 fully saturated rings. The van der Waals surface area contributed by atoms with Crippen molar-refractivity contribution >= 4 is 18.3 Å². The topological polar surface area (TPSA) is 55.6 Å². The van der Waals surface area contributed by atoms with Gasteiger partial charge in [-0.15, -0.1) is 12.4 Å². The number of rotatable bonds is 6. The Bertz CT molecular complexity index is 691. The minimum Gasteiger partial charge on any atom is -0.494 e. The third-order valence-electron chi connectivity index (χ3n) is 4.81. The predicted octanol–water partition coefficient (Wildman–Crippen LogP) is 3.39. The normalized spacial score (nSPS) is 19.1. The third kappa shape index (κ3) is 4.99. The van der Waals surface area contributed by atoms with Gasteiger partial charge in [0.1, 0.15) is 5.75 Å². The van der Waals surface area contributed by atoms with Gasteiger partial charge in [-0.25, -0.2) is 0 Å². The molecule has 1 amide bonds. The van der Waals surface area contributed by atoms with Crippen LogP contribution in [0.25, 0.3) is 0 Å². The fourth-order valence-electron chi connectivity index (χ4n) is 3.41. The summed E-state index contributed by atoms with van der Waals surface area (Å²) in [5.74, 6) is 1.28. The summed E-state index contributed by atoms with van der Waals surface area (Å²) in [7, 11) is 0. The van der Waals surface area contributed by atoms with E-state index in [-0.39, 0.29) is 30.3 Å². The minimum atomic E-state index is 0. The van der Waals surface area contributed by atoms with Gasteiger partial charge in [0.25, 0.3) is 0 Å². The number of amides is 1. The SMILES string of the molecule is CCOc1ccc(CCC(=O)N2C[C@@H](N)[C@H](c3ccccc3)C2)cc1.Cl. The molecule has 5 heteroatoms. The zero-order valence-corrected chi connectivity index (χ0v) is 16.0. The first-order valence-corrected chi connectivity index (χ1v) is 8.97. The average Bonchev–Trinajstić information content (AvgIpc) is 3.04. The van der Waals surface area contributed by atoms with Crippen LogP contribution in [0.3, 0.4) is 0 Å². The van der Waals surface area contributed by atoms with Gasteiger partial charge < -0.3 is 15.4 Å². The highest BCUT2D eigenvalue weighted by Crippen LogP contribution is 2.27. The molecular weight excluding hydrogens is 348 g/mol. The van der Waals surface area contributed by atoms with Gasteiger partial charge in [0.2, 0.25) is 5.91 Å². The number of hydrogen-bond acceptors (Lipinski definition) is 3. The van der Waals surface area contributed by atoms with Gasteiger partial charge in [-0.2, -0.15) is 0 Å². The second kappa shape index (κ2) is 9.60. The Balaban J connectivity index is 0.00000243. The Morgan fingerprint density at radius 2 is 1.81 bits per heavy atom. The molecule has 0 saturated carbocycles. The summed E-state index contributed by atoms with van der Waals surface area (Å²) in [6.45, 7) is 3.99. The lowest BCUT2D eigenvalue weighted by Crippen LogP contribution is -2.32. The van der Waals surface area contributed by atoms with Crippen LogP contribution in [-0.4, -0.2) is 36.5 Å². The fraction of sp³-hybridized carbons (Fsp3) is 0.381. The van der Waals surface area contributed by atoms with E-state index in [1.54, 1.807) is 0 Å². The van der Waals surface area contributed by atoms with Gasteiger partial charge in [-0.05, 0) is 36.6 Å². The number of likely N-dealkylation sites (tertiary alicyclic amines) is 1. The van der Waals surface area contributed by atoms with Crippen molar-refractivity contribution in [1.29, 1.82) is 0 Å². The third-order valence-corrected chi connectivity index (χ3v) is 4.81. The molecule has 1 aliphatic heterocycles. The summed E-state index contributed by atoms with van der Waals surface area (Å²) < 4.78 is 5.44. The summed E-state index contributed by atoms with van der Waals surface area (Å²) >= 11 is 0. The van der Waals surface area contributed by atoms with Gasteiger partial charge >= 0.3 is 0 Å². The first-order chi connectivity index (χ1) is 12.2. The molecule has 1 heterocycles. The molecule has 2 aromatic rings. The molecule has 2 N–H and O–H groups in total. The zero-order valence-electron chi connectivity index (χ0n) is 15.1. The summed E-state index contributed by atoms with van der Waals surface area (Å²) in [5, 5.41) is 0. The molecule has 2 atom stereocenters. The lowest BCUT2D eigenvalue weighted by atomic mass is 9.95. The van der Waals surface area contributed by atoms with Gasteiger partial charge in [0.15, 0.2) is 0 Å². The summed E-state index contributed by atoms with van der Waals surface area (Å²) in [6, 6.07) is 18.2. The van der Waals surface area contributed by atoms with E-state index in [1.807, 2.05) is 54.3 Å². The molecule has 2 aromatic carbocycles. The lowest BCUT2D eigenvalue weighted by Gasteiger charge is -2.16. The molecular formula is C21H27ClN2O2. The number of halogens is 1. The van der Waals surface area contributed by atoms with E-state index in [1.165, 1.54) is 5.56 Å². The summed E-state index contributed by atoms with van der Waals surface area (Å²) in [4.78, 5) is 14.5. The Labute approximate surface area is 161 Å². The van der Waals surface area contributed by atoms with Gasteiger partial charge in [0.05, 0.1) is 6.61 Å². The number of aryl methyl sites for hydroxylation is 1. The maximum absolute atomic E-state index is 12.6. The van der Waals surface area contributed by atoms with Crippen molar-refractivity contribution in [1.82, 2.24) is 4.90 Å². The number of nitrogens with two attached hydrogens (primary N) is 1. The molecule has 0 radical (unpaired) electrons. The number of benzene rings is 2. The lowest BCUT2D eigenvalue weighted by molar-refractivity contribution is -0.130. The Hall–Kier alpha value is -2.04. The van der Waals surface area contributed by atoms with Crippen LogP contribution < -0.4 is 10.5 Å². The number of carbonyl (C=O) groups excluding carboxylic acids is 1. The smallest absolute Gasteiger partial charge is 0.222 e. The van der Waals surface area contributed by atoms with Crippen molar-refractivity contribution in [2.24, 2.45) is 5.73 Å². The van der Waals surface area contributed by atoms with Crippen LogP contribution in [0.1, 0.15) is 30.4 Å². The van der Waals surface area contributed by atoms with Gasteiger partial charge in [-0.1, -0.05) is 42.5 Å². The molecule has 140 valence electrons. The molecule has 0 spiro atoms. The van der Waals surface area contributed by atoms with E-state index in [0.717, 1.165) is 17.7 Å². The van der Waals surface area contributed by atoms with Crippen LogP contribution in [0.2, 0.25) is 0 Å². The van der Waals surface area contributed by atoms with E-state index in [2.05, 4.69) is 12.1 Å². The zero-order chi connectivity index (χ0) is 17.6. The predicted molar refractivity (Wildman–Crippen MR) is 107 cm³/mol. The van der Waals surface area contributed by atoms with Crippen molar-refractivity contribution < 1.29 is 9.53 Å². The van der Waals surface area contributed by atoms with Crippen molar-refractivity contribution in [3.05, 3.63) is 65.7 Å². The number of carbonyl (C=O) groups is 1. The van der Waals surface area contributed by atoms with Crippen molar-refractivity contribution in [2.75, 3.05) is 19.7 Å². The van der Waals surface area contributed by atoms with E-state index < -0.39 is 0 Å². The second-order valence-corrected chi connectivity index (χ2v) is 6.56. The standard InChI is InChI=1S/C21H26N2O2.ClH/c1-2-25-18-11-8-16(9-12-18)10-13-21(24)23-14-19(20(22)15-23)17-6-4-3-5-7-17;/h3-9,11-12,19-20H,2,10,13-15,22H2,1H3;1H/t19-,20+;/m0./s1. The fourth-order valence-corrected chi connectivity index (χ4v) is 3.41. The summed E-state index contributed by atoms with van der Waals surface area (Å²) in [6.07, 6.45) is 1.26. The van der Waals surface area contributed by atoms with Crippen molar-refractivity contribution in [3.8, 4) is 5.75 Å². The maximum Gasteiger partial charge on any atom is 0.222 e. The minimum absolute atomic E-state index is 0. The number of nitrogens with zero attached hydrogens (tertiary/aromatic N) is 1. The van der Waals surface area contributed by atoms with Crippen LogP contribution in [0.15, 0.2) is 54.6 Å². The Morgan fingerprint density at radius 3 is 2.46 bits per heavy atom. The van der Waals surface area contributed by atoms with Crippen LogP contribution in [0.5, 0.6) is 5.75 Å². The average molecular weight is 375 g/mol. The monoisotopic (exact) mass is 374 g/mol. The summed E-state index contributed by atoms with van der Waals surface area (Å²) in [5.41, 5.74) is 8.66. The number of hydrogen-bond donors (Lipinski definition) is 1. The molecule has 0 unspecified atom stereocenters. The molecule has 4 nitrogen and oxygen atoms in total. The Morgan fingerprint density at radius 1 is 1.12 bits per heavy atom. The van der Waals surface area contributed by atoms with Crippen LogP contribution in [0, 0.1) is 0 Å². The highest BCUT2D eigenvalue weighted by atomic mass is 35.5. The van der Waals surface area contributed by atoms with E-state index in [9.17, 15) is 4.79 Å². The second-order valence-electron chi connectivity index (χ2n) is 6.56. The largest absolute Gasteiger partial charge is 0.494 e. The quantitative estimate of drug-likeness (QED) is 0.843. The van der Waals surface area contributed by atoms with Crippen molar-refractivity contribution in [3.63, 3.8) is 0 Å². The molecule has 1 aliphatic rings. The van der Waals surface area contributed by atoms with E-state index in [4.69, 9.17) is 10.5 Å². The molecule has 0 aliphatic carbocycles. The Kier molecular flexibility index (Phi) is 7.49. The van der Waals surface area contributed by atoms with Crippen LogP contribution >= 0.6 is 12.4 Å².